The molecule has 2 unspecified atom stereocenters. The van der Waals surface area contributed by atoms with E-state index in [4.69, 9.17) is 9.47 Å². The second kappa shape index (κ2) is 51.8. The maximum Gasteiger partial charge on any atom is 0.309 e. The minimum absolute atomic E-state index is 0.0700. The van der Waals surface area contributed by atoms with E-state index in [1.165, 1.54) is 193 Å². The van der Waals surface area contributed by atoms with Gasteiger partial charge in [0.2, 0.25) is 0 Å². The van der Waals surface area contributed by atoms with Gasteiger partial charge in [0.15, 0.2) is 6.10 Å². The van der Waals surface area contributed by atoms with Crippen LogP contribution in [0.3, 0.4) is 0 Å². The summed E-state index contributed by atoms with van der Waals surface area (Å²) in [7, 11) is 0. The molecule has 0 spiro atoms. The molecule has 5 heteroatoms. The Morgan fingerprint density at radius 2 is 0.694 bits per heavy atom. The molecule has 0 saturated carbocycles. The number of carbonyl (C=O) groups is 2. The Morgan fingerprint density at radius 1 is 0.403 bits per heavy atom. The fourth-order valence-electron chi connectivity index (χ4n) is 8.29. The molecule has 0 fully saturated rings. The van der Waals surface area contributed by atoms with Crippen molar-refractivity contribution in [3.8, 4) is 0 Å². The highest BCUT2D eigenvalue weighted by atomic mass is 16.6. The van der Waals surface area contributed by atoms with Gasteiger partial charge in [0, 0.05) is 6.42 Å². The highest BCUT2D eigenvalue weighted by molar-refractivity contribution is 5.72. The van der Waals surface area contributed by atoms with Gasteiger partial charge in [-0.25, -0.2) is 0 Å². The fourth-order valence-corrected chi connectivity index (χ4v) is 8.29. The lowest BCUT2D eigenvalue weighted by atomic mass is 9.94. The third-order valence-electron chi connectivity index (χ3n) is 12.5. The van der Waals surface area contributed by atoms with Crippen molar-refractivity contribution < 1.29 is 24.2 Å². The van der Waals surface area contributed by atoms with E-state index in [0.29, 0.717) is 6.42 Å². The predicted molar refractivity (Wildman–Crippen MR) is 270 cm³/mol. The van der Waals surface area contributed by atoms with E-state index < -0.39 is 6.10 Å². The molecular formula is C57H106O5. The van der Waals surface area contributed by atoms with Crippen molar-refractivity contribution in [2.75, 3.05) is 13.2 Å². The smallest absolute Gasteiger partial charge is 0.309 e. The lowest BCUT2D eigenvalue weighted by molar-refractivity contribution is -0.165. The van der Waals surface area contributed by atoms with E-state index in [2.05, 4.69) is 57.2 Å². The third-order valence-corrected chi connectivity index (χ3v) is 12.5. The van der Waals surface area contributed by atoms with Crippen molar-refractivity contribution >= 4 is 11.9 Å². The van der Waals surface area contributed by atoms with Gasteiger partial charge in [-0.05, 0) is 96.3 Å². The molecule has 0 saturated heterocycles. The van der Waals surface area contributed by atoms with Crippen LogP contribution in [-0.4, -0.2) is 36.4 Å². The minimum Gasteiger partial charge on any atom is -0.462 e. The Labute approximate surface area is 386 Å². The number of hydrogen-bond acceptors (Lipinski definition) is 5. The number of ether oxygens (including phenoxy) is 2. The first kappa shape index (κ1) is 60.1. The highest BCUT2D eigenvalue weighted by Crippen LogP contribution is 2.22. The van der Waals surface area contributed by atoms with Gasteiger partial charge in [-0.3, -0.25) is 9.59 Å². The second-order valence-electron chi connectivity index (χ2n) is 18.7. The number of aliphatic hydroxyl groups excluding tert-OH is 1. The molecule has 0 aliphatic carbocycles. The zero-order valence-corrected chi connectivity index (χ0v) is 41.8. The van der Waals surface area contributed by atoms with Crippen LogP contribution >= 0.6 is 0 Å². The van der Waals surface area contributed by atoms with Crippen molar-refractivity contribution in [2.45, 2.75) is 297 Å². The minimum atomic E-state index is -0.800. The van der Waals surface area contributed by atoms with Crippen molar-refractivity contribution in [3.63, 3.8) is 0 Å². The molecule has 1 N–H and O–H groups in total. The summed E-state index contributed by atoms with van der Waals surface area (Å²) in [4.78, 5) is 25.9. The monoisotopic (exact) mass is 871 g/mol. The van der Waals surface area contributed by atoms with Crippen LogP contribution in [0.25, 0.3) is 0 Å². The van der Waals surface area contributed by atoms with Gasteiger partial charge in [-0.15, -0.1) is 0 Å². The molecule has 0 heterocycles. The maximum atomic E-state index is 13.4. The van der Waals surface area contributed by atoms with E-state index >= 15 is 0 Å². The number of allylic oxidation sites excluding steroid dienone is 6. The lowest BCUT2D eigenvalue weighted by Crippen LogP contribution is -2.31. The molecular weight excluding hydrogens is 765 g/mol. The molecule has 0 aromatic heterocycles. The van der Waals surface area contributed by atoms with Crippen LogP contribution in [0, 0.1) is 5.92 Å². The summed E-state index contributed by atoms with van der Waals surface area (Å²) in [6.45, 7) is 6.41. The van der Waals surface area contributed by atoms with E-state index in [1.807, 2.05) is 0 Å². The number of esters is 2. The van der Waals surface area contributed by atoms with Crippen LogP contribution in [0.4, 0.5) is 0 Å². The van der Waals surface area contributed by atoms with Crippen LogP contribution in [0.1, 0.15) is 290 Å². The summed E-state index contributed by atoms with van der Waals surface area (Å²) in [5, 5.41) is 10.0. The summed E-state index contributed by atoms with van der Waals surface area (Å²) in [5.41, 5.74) is 0. The zero-order chi connectivity index (χ0) is 45.1. The normalized spacial score (nSPS) is 12.9. The van der Waals surface area contributed by atoms with E-state index in [1.54, 1.807) is 0 Å². The van der Waals surface area contributed by atoms with Gasteiger partial charge in [0.1, 0.15) is 6.61 Å². The molecule has 2 atom stereocenters. The van der Waals surface area contributed by atoms with Gasteiger partial charge in [-0.2, -0.15) is 0 Å². The first-order valence-electron chi connectivity index (χ1n) is 27.5. The molecule has 0 bridgehead atoms. The van der Waals surface area contributed by atoms with E-state index in [-0.39, 0.29) is 31.1 Å². The van der Waals surface area contributed by atoms with E-state index in [9.17, 15) is 14.7 Å². The number of carbonyl (C=O) groups excluding carboxylic acids is 2. The van der Waals surface area contributed by atoms with Gasteiger partial charge in [0.05, 0.1) is 12.5 Å². The lowest BCUT2D eigenvalue weighted by Gasteiger charge is -2.21. The molecule has 0 aliphatic rings. The van der Waals surface area contributed by atoms with E-state index in [0.717, 1.165) is 70.6 Å². The van der Waals surface area contributed by atoms with Crippen LogP contribution in [0.5, 0.6) is 0 Å². The van der Waals surface area contributed by atoms with Crippen LogP contribution in [0.2, 0.25) is 0 Å². The summed E-state index contributed by atoms with van der Waals surface area (Å²) < 4.78 is 11.3. The van der Waals surface area contributed by atoms with Gasteiger partial charge < -0.3 is 14.6 Å². The SMILES string of the molecule is CCCCCCCC/C=C\CCCCCCCCC(CCCCCC/C=C\CCCCCCCC)C(=O)OC(CO)COC(=O)CCCCCCC/C=C\CCCCCCCC. The number of aliphatic hydroxyl groups is 1. The highest BCUT2D eigenvalue weighted by Gasteiger charge is 2.24. The summed E-state index contributed by atoms with van der Waals surface area (Å²) in [5.74, 6) is -0.664. The Morgan fingerprint density at radius 3 is 1.02 bits per heavy atom. The number of hydrogen-bond donors (Lipinski definition) is 1. The largest absolute Gasteiger partial charge is 0.462 e. The first-order chi connectivity index (χ1) is 30.6. The van der Waals surface area contributed by atoms with Crippen molar-refractivity contribution in [3.05, 3.63) is 36.5 Å². The molecule has 0 aromatic carbocycles. The molecule has 364 valence electrons. The van der Waals surface area contributed by atoms with Gasteiger partial charge in [-0.1, -0.05) is 224 Å². The maximum absolute atomic E-state index is 13.4. The molecule has 62 heavy (non-hydrogen) atoms. The quantitative estimate of drug-likeness (QED) is 0.0374. The summed E-state index contributed by atoms with van der Waals surface area (Å²) in [6.07, 6.45) is 64.0. The summed E-state index contributed by atoms with van der Waals surface area (Å²) >= 11 is 0. The first-order valence-corrected chi connectivity index (χ1v) is 27.5. The second-order valence-corrected chi connectivity index (χ2v) is 18.7. The molecule has 0 amide bonds. The molecule has 0 aliphatic heterocycles. The molecule has 0 rings (SSSR count). The fraction of sp³-hybridized carbons (Fsp3) is 0.860. The van der Waals surface area contributed by atoms with Gasteiger partial charge >= 0.3 is 11.9 Å². The van der Waals surface area contributed by atoms with Crippen molar-refractivity contribution in [1.29, 1.82) is 0 Å². The van der Waals surface area contributed by atoms with Crippen LogP contribution in [-0.2, 0) is 19.1 Å². The standard InChI is InChI=1S/C57H106O5/c1-4-7-10-13-16-19-22-25-28-30-32-35-38-41-44-47-50-54(49-46-43-40-37-34-31-27-24-21-18-15-12-9-6-3)57(60)62-55(52-58)53-61-56(59)51-48-45-42-39-36-33-29-26-23-20-17-14-11-8-5-2/h25-29,31,54-55,58H,4-24,30,32-53H2,1-3H3/b28-25-,29-26-,31-27-. The molecule has 5 nitrogen and oxygen atoms in total. The Kier molecular flexibility index (Phi) is 50.2. The molecule has 0 radical (unpaired) electrons. The third kappa shape index (κ3) is 46.1. The van der Waals surface area contributed by atoms with Crippen molar-refractivity contribution in [1.82, 2.24) is 0 Å². The number of unbranched alkanes of at least 4 members (excludes halogenated alkanes) is 33. The Balaban J connectivity index is 4.46. The average molecular weight is 871 g/mol. The van der Waals surface area contributed by atoms with Crippen molar-refractivity contribution in [2.24, 2.45) is 5.92 Å². The zero-order valence-electron chi connectivity index (χ0n) is 41.8. The Bertz CT molecular complexity index is 1000. The molecule has 0 aromatic rings. The Hall–Kier alpha value is -1.88. The van der Waals surface area contributed by atoms with Crippen LogP contribution < -0.4 is 0 Å². The topological polar surface area (TPSA) is 72.8 Å². The van der Waals surface area contributed by atoms with Crippen LogP contribution in [0.15, 0.2) is 36.5 Å². The predicted octanol–water partition coefficient (Wildman–Crippen LogP) is 18.2. The van der Waals surface area contributed by atoms with Gasteiger partial charge in [0.25, 0.3) is 0 Å². The average Bonchev–Trinajstić information content (AvgIpc) is 3.28. The number of rotatable bonds is 50. The summed E-state index contributed by atoms with van der Waals surface area (Å²) in [6, 6.07) is 0.